The minimum absolute atomic E-state index is 0.481. The number of hydrogen-bond acceptors (Lipinski definition) is 3. The molecular formula is C8H8N2O. The summed E-state index contributed by atoms with van der Waals surface area (Å²) in [6.45, 7) is 1.61. The van der Waals surface area contributed by atoms with Crippen molar-refractivity contribution >= 4 is 0 Å². The van der Waals surface area contributed by atoms with Gasteiger partial charge < -0.3 is 5.11 Å². The van der Waals surface area contributed by atoms with E-state index in [1.807, 2.05) is 6.07 Å². The van der Waals surface area contributed by atoms with E-state index in [1.54, 1.807) is 13.0 Å². The van der Waals surface area contributed by atoms with Crippen LogP contribution < -0.4 is 0 Å². The molecule has 0 fully saturated rings. The molecule has 0 aliphatic carbocycles. The highest BCUT2D eigenvalue weighted by molar-refractivity contribution is 5.35. The van der Waals surface area contributed by atoms with Crippen LogP contribution in [0.3, 0.4) is 0 Å². The quantitative estimate of drug-likeness (QED) is 0.646. The number of rotatable bonds is 1. The Morgan fingerprint density at radius 1 is 1.73 bits per heavy atom. The number of nitriles is 1. The molecular weight excluding hydrogens is 140 g/mol. The topological polar surface area (TPSA) is 56.9 Å². The third-order valence-electron chi connectivity index (χ3n) is 1.42. The number of pyridine rings is 1. The molecule has 0 aliphatic heterocycles. The molecule has 1 N–H and O–H groups in total. The Balaban J connectivity index is 3.15. The molecule has 0 bridgehead atoms. The first-order chi connectivity index (χ1) is 5.25. The molecule has 0 saturated heterocycles. The van der Waals surface area contributed by atoms with E-state index >= 15 is 0 Å². The molecule has 1 aromatic heterocycles. The number of aliphatic hydroxyl groups excluding tert-OH is 1. The second-order valence-corrected chi connectivity index (χ2v) is 2.25. The van der Waals surface area contributed by atoms with Gasteiger partial charge in [0.15, 0.2) is 0 Å². The van der Waals surface area contributed by atoms with Gasteiger partial charge in [-0.05, 0) is 13.0 Å². The SMILES string of the molecule is CC(O)c1cnccc1C#N. The van der Waals surface area contributed by atoms with Gasteiger partial charge in [0.05, 0.1) is 17.7 Å². The fraction of sp³-hybridized carbons (Fsp3) is 0.250. The summed E-state index contributed by atoms with van der Waals surface area (Å²) < 4.78 is 0. The number of hydrogen-bond donors (Lipinski definition) is 1. The zero-order valence-electron chi connectivity index (χ0n) is 6.15. The molecule has 1 unspecified atom stereocenters. The third-order valence-corrected chi connectivity index (χ3v) is 1.42. The standard InChI is InChI=1S/C8H8N2O/c1-6(11)8-5-10-3-2-7(8)4-9/h2-3,5-6,11H,1H3. The van der Waals surface area contributed by atoms with Gasteiger partial charge in [-0.3, -0.25) is 4.98 Å². The fourth-order valence-electron chi connectivity index (χ4n) is 0.841. The lowest BCUT2D eigenvalue weighted by atomic mass is 10.1. The summed E-state index contributed by atoms with van der Waals surface area (Å²) in [6, 6.07) is 3.56. The Kier molecular flexibility index (Phi) is 2.19. The molecule has 1 atom stereocenters. The van der Waals surface area contributed by atoms with E-state index in [0.717, 1.165) is 0 Å². The summed E-state index contributed by atoms with van der Waals surface area (Å²) in [6.07, 6.45) is 2.41. The summed E-state index contributed by atoms with van der Waals surface area (Å²) in [5.74, 6) is 0. The van der Waals surface area contributed by atoms with E-state index in [4.69, 9.17) is 10.4 Å². The summed E-state index contributed by atoms with van der Waals surface area (Å²) in [7, 11) is 0. The van der Waals surface area contributed by atoms with Gasteiger partial charge in [-0.15, -0.1) is 0 Å². The van der Waals surface area contributed by atoms with Crippen molar-refractivity contribution in [3.05, 3.63) is 29.6 Å². The Labute approximate surface area is 64.9 Å². The molecule has 11 heavy (non-hydrogen) atoms. The smallest absolute Gasteiger partial charge is 0.0996 e. The fourth-order valence-corrected chi connectivity index (χ4v) is 0.841. The lowest BCUT2D eigenvalue weighted by Gasteiger charge is -2.03. The van der Waals surface area contributed by atoms with Crippen LogP contribution in [0.5, 0.6) is 0 Å². The predicted octanol–water partition coefficient (Wildman–Crippen LogP) is 1.01. The second kappa shape index (κ2) is 3.13. The molecule has 0 saturated carbocycles. The Hall–Kier alpha value is -1.40. The van der Waals surface area contributed by atoms with E-state index in [1.165, 1.54) is 12.4 Å². The van der Waals surface area contributed by atoms with Crippen molar-refractivity contribution in [1.82, 2.24) is 4.98 Å². The van der Waals surface area contributed by atoms with Crippen LogP contribution in [0.1, 0.15) is 24.2 Å². The van der Waals surface area contributed by atoms with Crippen LogP contribution in [0.15, 0.2) is 18.5 Å². The number of nitrogens with zero attached hydrogens (tertiary/aromatic N) is 2. The molecule has 0 aromatic carbocycles. The van der Waals surface area contributed by atoms with E-state index in [2.05, 4.69) is 4.98 Å². The van der Waals surface area contributed by atoms with Gasteiger partial charge in [-0.25, -0.2) is 0 Å². The van der Waals surface area contributed by atoms with Gasteiger partial charge in [-0.2, -0.15) is 5.26 Å². The average Bonchev–Trinajstić information content (AvgIpc) is 2.04. The summed E-state index contributed by atoms with van der Waals surface area (Å²) in [5.41, 5.74) is 1.06. The van der Waals surface area contributed by atoms with Gasteiger partial charge in [0.25, 0.3) is 0 Å². The first-order valence-corrected chi connectivity index (χ1v) is 3.27. The molecule has 3 heteroatoms. The van der Waals surface area contributed by atoms with Crippen molar-refractivity contribution in [2.45, 2.75) is 13.0 Å². The Morgan fingerprint density at radius 3 is 2.91 bits per heavy atom. The maximum absolute atomic E-state index is 9.14. The Morgan fingerprint density at radius 2 is 2.45 bits per heavy atom. The van der Waals surface area contributed by atoms with Crippen LogP contribution in [0, 0.1) is 11.3 Å². The van der Waals surface area contributed by atoms with Crippen LogP contribution in [-0.2, 0) is 0 Å². The molecule has 1 rings (SSSR count). The summed E-state index contributed by atoms with van der Waals surface area (Å²) in [4.78, 5) is 3.80. The molecule has 1 heterocycles. The lowest BCUT2D eigenvalue weighted by molar-refractivity contribution is 0.198. The number of aliphatic hydroxyl groups is 1. The summed E-state index contributed by atoms with van der Waals surface area (Å²) in [5, 5.41) is 17.7. The van der Waals surface area contributed by atoms with Crippen LogP contribution in [0.2, 0.25) is 0 Å². The van der Waals surface area contributed by atoms with Crippen LogP contribution in [-0.4, -0.2) is 10.1 Å². The molecule has 0 radical (unpaired) electrons. The van der Waals surface area contributed by atoms with Crippen molar-refractivity contribution in [3.63, 3.8) is 0 Å². The van der Waals surface area contributed by atoms with Gasteiger partial charge in [0, 0.05) is 18.0 Å². The minimum atomic E-state index is -0.627. The molecule has 0 aliphatic rings. The average molecular weight is 148 g/mol. The first kappa shape index (κ1) is 7.70. The van der Waals surface area contributed by atoms with Gasteiger partial charge in [0.1, 0.15) is 0 Å². The maximum Gasteiger partial charge on any atom is 0.0996 e. The zero-order valence-corrected chi connectivity index (χ0v) is 6.15. The highest BCUT2D eigenvalue weighted by Gasteiger charge is 2.05. The van der Waals surface area contributed by atoms with Crippen LogP contribution >= 0.6 is 0 Å². The van der Waals surface area contributed by atoms with E-state index in [0.29, 0.717) is 11.1 Å². The van der Waals surface area contributed by atoms with E-state index in [-0.39, 0.29) is 0 Å². The normalized spacial score (nSPS) is 12.1. The van der Waals surface area contributed by atoms with Gasteiger partial charge in [0.2, 0.25) is 0 Å². The van der Waals surface area contributed by atoms with Gasteiger partial charge >= 0.3 is 0 Å². The zero-order chi connectivity index (χ0) is 8.27. The highest BCUT2D eigenvalue weighted by Crippen LogP contribution is 2.14. The van der Waals surface area contributed by atoms with Crippen LogP contribution in [0.25, 0.3) is 0 Å². The van der Waals surface area contributed by atoms with Crippen molar-refractivity contribution in [2.75, 3.05) is 0 Å². The largest absolute Gasteiger partial charge is 0.389 e. The van der Waals surface area contributed by atoms with E-state index < -0.39 is 6.10 Å². The summed E-state index contributed by atoms with van der Waals surface area (Å²) >= 11 is 0. The molecule has 3 nitrogen and oxygen atoms in total. The lowest BCUT2D eigenvalue weighted by Crippen LogP contribution is -1.95. The number of aromatic nitrogens is 1. The molecule has 0 amide bonds. The van der Waals surface area contributed by atoms with Crippen molar-refractivity contribution < 1.29 is 5.11 Å². The monoisotopic (exact) mass is 148 g/mol. The van der Waals surface area contributed by atoms with Crippen molar-refractivity contribution in [1.29, 1.82) is 5.26 Å². The highest BCUT2D eigenvalue weighted by atomic mass is 16.3. The molecule has 1 aromatic rings. The van der Waals surface area contributed by atoms with Crippen molar-refractivity contribution in [2.24, 2.45) is 0 Å². The van der Waals surface area contributed by atoms with Gasteiger partial charge in [-0.1, -0.05) is 0 Å². The second-order valence-electron chi connectivity index (χ2n) is 2.25. The minimum Gasteiger partial charge on any atom is -0.389 e. The predicted molar refractivity (Wildman–Crippen MR) is 39.6 cm³/mol. The van der Waals surface area contributed by atoms with Crippen LogP contribution in [0.4, 0.5) is 0 Å². The maximum atomic E-state index is 9.14. The van der Waals surface area contributed by atoms with Crippen molar-refractivity contribution in [3.8, 4) is 6.07 Å². The molecule has 56 valence electrons. The van der Waals surface area contributed by atoms with E-state index in [9.17, 15) is 0 Å². The molecule has 0 spiro atoms. The first-order valence-electron chi connectivity index (χ1n) is 3.27. The third kappa shape index (κ3) is 1.54. The Bertz CT molecular complexity index is 288.